The van der Waals surface area contributed by atoms with E-state index in [9.17, 15) is 0 Å². The van der Waals surface area contributed by atoms with Crippen LogP contribution in [0, 0.1) is 96.9 Å². The third-order valence-electron chi connectivity index (χ3n) is 25.4. The summed E-state index contributed by atoms with van der Waals surface area (Å²) in [5.74, 6) is 0.530. The van der Waals surface area contributed by atoms with Crippen LogP contribution in [-0.2, 0) is 42.3 Å². The third kappa shape index (κ3) is 16.2. The van der Waals surface area contributed by atoms with Crippen LogP contribution in [0.15, 0.2) is 287 Å². The lowest BCUT2D eigenvalue weighted by atomic mass is 9.97. The zero-order valence-corrected chi connectivity index (χ0v) is 78.3. The van der Waals surface area contributed by atoms with Gasteiger partial charge in [0.25, 0.3) is 0 Å². The molecule has 129 heavy (non-hydrogen) atoms. The number of aromatic nitrogens is 18. The first-order chi connectivity index (χ1) is 62.1. The molecule has 0 saturated heterocycles. The van der Waals surface area contributed by atoms with E-state index in [1.807, 2.05) is 43.2 Å². The second-order valence-electron chi connectivity index (χ2n) is 35.0. The van der Waals surface area contributed by atoms with Crippen LogP contribution in [0.1, 0.15) is 104 Å². The molecule has 0 N–H and O–H groups in total. The minimum Gasteiger partial charge on any atom is -0.291 e. The van der Waals surface area contributed by atoms with Crippen molar-refractivity contribution in [2.75, 3.05) is 0 Å². The Balaban J connectivity index is 0.000000109. The Morgan fingerprint density at radius 3 is 1.06 bits per heavy atom. The zero-order valence-electron chi connectivity index (χ0n) is 78.3. The molecule has 0 spiro atoms. The first-order valence-corrected chi connectivity index (χ1v) is 44.2. The van der Waals surface area contributed by atoms with Crippen molar-refractivity contribution in [1.29, 1.82) is 0 Å². The molecule has 18 aromatic heterocycles. The lowest BCUT2D eigenvalue weighted by Crippen LogP contribution is -2.32. The molecule has 0 aliphatic rings. The number of fused-ring (bicyclic) bond motifs is 10. The number of pyridine rings is 12. The summed E-state index contributed by atoms with van der Waals surface area (Å²) in [5, 5.41) is 8.83. The SMILES string of the molecule is Cc1cc(-c2c(C)ccc3ncc(C)n23)[n+](C)cc1C.Cc1ccc2ncc(C)n2c1-c1c2ccc(C(C)C)cc2cc[n+]1C.Cc1ccc2ncc(C)n2c1-c1c2ccccc2cc[n+]1C.Cc1ccc2ncc(C)n2c1-c1cc2ccccc2c[n+]1C.Cc1ccc2ncc(C)n2c1-c1ccc2ccccc2[n+]1C.Cc1ccc2ncc(C)n2c1-c1cccc[n+]1C. The van der Waals surface area contributed by atoms with Crippen molar-refractivity contribution in [2.24, 2.45) is 42.3 Å². The minimum atomic E-state index is 0.530. The van der Waals surface area contributed by atoms with E-state index >= 15 is 0 Å². The molecule has 0 radical (unpaired) electrons. The minimum absolute atomic E-state index is 0.530. The van der Waals surface area contributed by atoms with Crippen LogP contribution >= 0.6 is 0 Å². The third-order valence-corrected chi connectivity index (χ3v) is 25.4. The molecule has 22 aromatic rings. The van der Waals surface area contributed by atoms with Crippen LogP contribution in [-0.4, -0.2) is 56.3 Å². The highest BCUT2D eigenvalue weighted by molar-refractivity contribution is 5.95. The van der Waals surface area contributed by atoms with Crippen molar-refractivity contribution in [1.82, 2.24) is 56.3 Å². The lowest BCUT2D eigenvalue weighted by Gasteiger charge is -2.13. The van der Waals surface area contributed by atoms with E-state index in [2.05, 4.69) is 480 Å². The van der Waals surface area contributed by atoms with Gasteiger partial charge in [-0.3, -0.25) is 26.4 Å². The molecule has 18 heteroatoms. The Labute approximate surface area is 754 Å². The average Bonchev–Trinajstić information content (AvgIpc) is 1.76. The fraction of sp³-hybridized carbons (Fsp3) is 0.207. The Bertz CT molecular complexity index is 8020. The molecule has 0 fully saturated rings. The van der Waals surface area contributed by atoms with Gasteiger partial charge in [0, 0.05) is 136 Å². The molecule has 0 bridgehead atoms. The number of imidazole rings is 6. The first kappa shape index (κ1) is 86.1. The number of nitrogens with zero attached hydrogens (tertiary/aromatic N) is 18. The van der Waals surface area contributed by atoms with Crippen molar-refractivity contribution in [3.63, 3.8) is 0 Å². The van der Waals surface area contributed by atoms with E-state index in [1.165, 1.54) is 162 Å². The summed E-state index contributed by atoms with van der Waals surface area (Å²) in [4.78, 5) is 26.9. The highest BCUT2D eigenvalue weighted by atomic mass is 15.1. The number of para-hydroxylation sites is 1. The Hall–Kier alpha value is -15.0. The number of benzene rings is 4. The van der Waals surface area contributed by atoms with Gasteiger partial charge < -0.3 is 0 Å². The summed E-state index contributed by atoms with van der Waals surface area (Å²) in [6, 6.07) is 77.2. The summed E-state index contributed by atoms with van der Waals surface area (Å²) in [6.07, 6.45) is 22.3. The average molecular weight is 1700 g/mol. The molecule has 0 aliphatic carbocycles. The summed E-state index contributed by atoms with van der Waals surface area (Å²) in [6.45, 7) is 34.4. The van der Waals surface area contributed by atoms with Gasteiger partial charge in [0.2, 0.25) is 39.7 Å². The van der Waals surface area contributed by atoms with E-state index < -0.39 is 0 Å². The van der Waals surface area contributed by atoms with Gasteiger partial charge in [0.15, 0.2) is 31.0 Å². The largest absolute Gasteiger partial charge is 0.291 e. The Kier molecular flexibility index (Phi) is 23.6. The number of hydrogen-bond acceptors (Lipinski definition) is 6. The lowest BCUT2D eigenvalue weighted by molar-refractivity contribution is -0.661. The summed E-state index contributed by atoms with van der Waals surface area (Å²) < 4.78 is 26.6. The van der Waals surface area contributed by atoms with Gasteiger partial charge in [-0.2, -0.15) is 27.4 Å². The zero-order chi connectivity index (χ0) is 90.7. The normalized spacial score (nSPS) is 11.4. The molecule has 642 valence electrons. The van der Waals surface area contributed by atoms with E-state index in [-0.39, 0.29) is 0 Å². The topological polar surface area (TPSA) is 127 Å². The Morgan fingerprint density at radius 2 is 0.605 bits per heavy atom. The van der Waals surface area contributed by atoms with Crippen molar-refractivity contribution in [2.45, 2.75) is 117 Å². The van der Waals surface area contributed by atoms with Crippen molar-refractivity contribution < 1.29 is 27.4 Å². The maximum atomic E-state index is 4.55. The van der Waals surface area contributed by atoms with Crippen LogP contribution in [0.5, 0.6) is 0 Å². The van der Waals surface area contributed by atoms with Crippen molar-refractivity contribution >= 4 is 77.1 Å². The molecule has 22 rings (SSSR count). The number of hydrogen-bond donors (Lipinski definition) is 0. The van der Waals surface area contributed by atoms with Crippen LogP contribution in [0.4, 0.5) is 0 Å². The molecule has 0 unspecified atom stereocenters. The van der Waals surface area contributed by atoms with Gasteiger partial charge in [-0.1, -0.05) is 111 Å². The van der Waals surface area contributed by atoms with E-state index in [0.29, 0.717) is 5.92 Å². The summed E-state index contributed by atoms with van der Waals surface area (Å²) in [7, 11) is 12.6. The fourth-order valence-electron chi connectivity index (χ4n) is 18.4. The van der Waals surface area contributed by atoms with Crippen LogP contribution in [0.3, 0.4) is 0 Å². The van der Waals surface area contributed by atoms with Gasteiger partial charge in [-0.05, 0) is 236 Å². The standard InChI is InChI=1S/C22H24N3.3C19H18N3.C17H20N3.C15H16N3/c1-14(2)17-7-8-19-18(12-17)10-11-24(5)22(19)21-15(3)6-9-20-23-13-16(4)25(20)21;1-13-8-11-18-20-12-14(2)22(18)19(13)17-10-9-15-6-4-5-7-16(15)21(17)3;1-13-8-9-18-20-11-14(2)22(18)19(13)17-10-15-6-4-5-7-16(15)12-21(17)3;1-13-8-9-17-20-12-14(2)22(17)18(13)19-16-7-5-4-6-15(16)10-11-21(19)3;1-11-6-7-16-18-9-14(4)20(16)17(11)15-8-12(2)13(3)10-19(15)5;1-11-7-8-14-16-10-12(2)18(14)15(11)13-6-4-5-9-17(13)3/h6-14H,1-5H3;3*4-12H,1-3H3;6-10H,1-5H3;4-10H,1-3H3/q6*+1. The van der Waals surface area contributed by atoms with E-state index in [0.717, 1.165) is 68.0 Å². The highest BCUT2D eigenvalue weighted by Gasteiger charge is 2.28. The molecular weight excluding hydrogens is 1590 g/mol. The maximum absolute atomic E-state index is 4.55. The van der Waals surface area contributed by atoms with E-state index in [4.69, 9.17) is 0 Å². The van der Waals surface area contributed by atoms with Crippen LogP contribution < -0.4 is 27.4 Å². The summed E-state index contributed by atoms with van der Waals surface area (Å²) in [5.41, 5.74) is 40.2. The molecule has 0 atom stereocenters. The predicted octanol–water partition coefficient (Wildman–Crippen LogP) is 21.0. The fourth-order valence-corrected chi connectivity index (χ4v) is 18.4. The quantitative estimate of drug-likeness (QED) is 0.146. The Morgan fingerprint density at radius 1 is 0.240 bits per heavy atom. The van der Waals surface area contributed by atoms with Crippen molar-refractivity contribution in [3.8, 4) is 68.3 Å². The molecule has 4 aromatic carbocycles. The predicted molar refractivity (Wildman–Crippen MR) is 521 cm³/mol. The van der Waals surface area contributed by atoms with Crippen molar-refractivity contribution in [3.05, 3.63) is 371 Å². The molecule has 18 nitrogen and oxygen atoms in total. The van der Waals surface area contributed by atoms with Crippen LogP contribution in [0.25, 0.3) is 145 Å². The number of aryl methyl sites for hydroxylation is 20. The van der Waals surface area contributed by atoms with Gasteiger partial charge in [0.05, 0.1) is 10.8 Å². The number of rotatable bonds is 7. The van der Waals surface area contributed by atoms with Gasteiger partial charge in [-0.15, -0.1) is 0 Å². The van der Waals surface area contributed by atoms with Gasteiger partial charge >= 0.3 is 0 Å². The second-order valence-corrected chi connectivity index (χ2v) is 35.0. The molecule has 0 amide bonds. The van der Waals surface area contributed by atoms with Crippen LogP contribution in [0.2, 0.25) is 0 Å². The smallest absolute Gasteiger partial charge is 0.237 e. The molecular formula is C111H114N18+6. The second kappa shape index (κ2) is 35.4. The monoisotopic (exact) mass is 1700 g/mol. The molecule has 18 heterocycles. The summed E-state index contributed by atoms with van der Waals surface area (Å²) >= 11 is 0. The molecule has 0 saturated carbocycles. The van der Waals surface area contributed by atoms with E-state index in [1.54, 1.807) is 0 Å². The molecule has 0 aliphatic heterocycles. The highest BCUT2D eigenvalue weighted by Crippen LogP contribution is 2.36. The maximum Gasteiger partial charge on any atom is 0.237 e. The van der Waals surface area contributed by atoms with Gasteiger partial charge in [0.1, 0.15) is 110 Å². The van der Waals surface area contributed by atoms with Gasteiger partial charge in [-0.25, -0.2) is 29.9 Å². The first-order valence-electron chi connectivity index (χ1n) is 44.2.